The second kappa shape index (κ2) is 6.34. The SMILES string of the molecule is CC1CCNC1C(=O)Nc1ccc(OCC(F)(F)F)cc1. The number of carbonyl (C=O) groups is 1. The third kappa shape index (κ3) is 4.63. The lowest BCUT2D eigenvalue weighted by Crippen LogP contribution is -2.39. The van der Waals surface area contributed by atoms with Crippen molar-refractivity contribution in [2.45, 2.75) is 25.6 Å². The van der Waals surface area contributed by atoms with Crippen LogP contribution in [-0.4, -0.2) is 31.3 Å². The van der Waals surface area contributed by atoms with Gasteiger partial charge in [-0.25, -0.2) is 0 Å². The largest absolute Gasteiger partial charge is 0.484 e. The summed E-state index contributed by atoms with van der Waals surface area (Å²) in [6, 6.07) is 5.60. The van der Waals surface area contributed by atoms with Gasteiger partial charge in [-0.1, -0.05) is 6.92 Å². The predicted molar refractivity (Wildman–Crippen MR) is 72.2 cm³/mol. The fourth-order valence-electron chi connectivity index (χ4n) is 2.21. The Hall–Kier alpha value is -1.76. The van der Waals surface area contributed by atoms with Crippen molar-refractivity contribution in [2.75, 3.05) is 18.5 Å². The minimum Gasteiger partial charge on any atom is -0.484 e. The summed E-state index contributed by atoms with van der Waals surface area (Å²) in [5.41, 5.74) is 0.528. The van der Waals surface area contributed by atoms with Gasteiger partial charge in [-0.05, 0) is 43.1 Å². The van der Waals surface area contributed by atoms with Crippen LogP contribution in [0.3, 0.4) is 0 Å². The third-order valence-corrected chi connectivity index (χ3v) is 3.34. The summed E-state index contributed by atoms with van der Waals surface area (Å²) in [6.45, 7) is 1.48. The number of carbonyl (C=O) groups excluding carboxylic acids is 1. The Kier molecular flexibility index (Phi) is 4.72. The van der Waals surface area contributed by atoms with Crippen molar-refractivity contribution in [1.82, 2.24) is 5.32 Å². The highest BCUT2D eigenvalue weighted by atomic mass is 19.4. The molecule has 0 saturated carbocycles. The predicted octanol–water partition coefficient (Wildman–Crippen LogP) is 2.56. The number of nitrogens with one attached hydrogen (secondary N) is 2. The topological polar surface area (TPSA) is 50.4 Å². The highest BCUT2D eigenvalue weighted by Crippen LogP contribution is 2.21. The van der Waals surface area contributed by atoms with Crippen LogP contribution in [0.15, 0.2) is 24.3 Å². The van der Waals surface area contributed by atoms with Crippen molar-refractivity contribution in [1.29, 1.82) is 0 Å². The van der Waals surface area contributed by atoms with Gasteiger partial charge in [-0.15, -0.1) is 0 Å². The van der Waals surface area contributed by atoms with Crippen LogP contribution >= 0.6 is 0 Å². The molecule has 1 aliphatic heterocycles. The number of alkyl halides is 3. The zero-order valence-corrected chi connectivity index (χ0v) is 11.5. The van der Waals surface area contributed by atoms with E-state index in [9.17, 15) is 18.0 Å². The summed E-state index contributed by atoms with van der Waals surface area (Å²) in [5.74, 6) is 0.237. The van der Waals surface area contributed by atoms with Crippen LogP contribution in [0.2, 0.25) is 0 Å². The molecule has 7 heteroatoms. The minimum absolute atomic E-state index is 0.109. The zero-order chi connectivity index (χ0) is 15.5. The molecule has 2 unspecified atom stereocenters. The molecule has 0 aliphatic carbocycles. The van der Waals surface area contributed by atoms with Gasteiger partial charge < -0.3 is 15.4 Å². The number of rotatable bonds is 4. The Labute approximate surface area is 120 Å². The number of ether oxygens (including phenoxy) is 1. The second-order valence-corrected chi connectivity index (χ2v) is 5.12. The van der Waals surface area contributed by atoms with E-state index in [2.05, 4.69) is 15.4 Å². The van der Waals surface area contributed by atoms with Crippen LogP contribution in [-0.2, 0) is 4.79 Å². The van der Waals surface area contributed by atoms with Gasteiger partial charge >= 0.3 is 6.18 Å². The highest BCUT2D eigenvalue weighted by molar-refractivity contribution is 5.95. The second-order valence-electron chi connectivity index (χ2n) is 5.12. The fraction of sp³-hybridized carbons (Fsp3) is 0.500. The van der Waals surface area contributed by atoms with E-state index in [0.29, 0.717) is 5.69 Å². The van der Waals surface area contributed by atoms with Crippen LogP contribution in [0.4, 0.5) is 18.9 Å². The highest BCUT2D eigenvalue weighted by Gasteiger charge is 2.29. The smallest absolute Gasteiger partial charge is 0.422 e. The summed E-state index contributed by atoms with van der Waals surface area (Å²) in [4.78, 5) is 12.0. The Morgan fingerprint density at radius 1 is 1.38 bits per heavy atom. The first-order chi connectivity index (χ1) is 9.85. The molecule has 2 N–H and O–H groups in total. The summed E-state index contributed by atoms with van der Waals surface area (Å²) in [7, 11) is 0. The van der Waals surface area contributed by atoms with Gasteiger partial charge in [-0.2, -0.15) is 13.2 Å². The molecule has 21 heavy (non-hydrogen) atoms. The summed E-state index contributed by atoms with van der Waals surface area (Å²) >= 11 is 0. The Balaban J connectivity index is 1.89. The molecule has 2 rings (SSSR count). The molecule has 1 heterocycles. The average molecular weight is 302 g/mol. The third-order valence-electron chi connectivity index (χ3n) is 3.34. The first-order valence-corrected chi connectivity index (χ1v) is 6.69. The van der Waals surface area contributed by atoms with E-state index in [1.165, 1.54) is 24.3 Å². The first kappa shape index (κ1) is 15.6. The molecule has 1 fully saturated rings. The lowest BCUT2D eigenvalue weighted by molar-refractivity contribution is -0.153. The number of amides is 1. The molecular formula is C14H17F3N2O2. The standard InChI is InChI=1S/C14H17F3N2O2/c1-9-6-7-18-12(9)13(20)19-10-2-4-11(5-3-10)21-8-14(15,16)17/h2-5,9,12,18H,6-8H2,1H3,(H,19,20). The van der Waals surface area contributed by atoms with Gasteiger partial charge in [0.1, 0.15) is 5.75 Å². The van der Waals surface area contributed by atoms with E-state index in [-0.39, 0.29) is 23.6 Å². The molecule has 1 saturated heterocycles. The summed E-state index contributed by atoms with van der Waals surface area (Å²) < 4.78 is 40.6. The van der Waals surface area contributed by atoms with E-state index < -0.39 is 12.8 Å². The van der Waals surface area contributed by atoms with Crippen molar-refractivity contribution in [3.63, 3.8) is 0 Å². The van der Waals surface area contributed by atoms with Crippen molar-refractivity contribution >= 4 is 11.6 Å². The number of anilines is 1. The van der Waals surface area contributed by atoms with Crippen molar-refractivity contribution < 1.29 is 22.7 Å². The van der Waals surface area contributed by atoms with Crippen LogP contribution in [0.1, 0.15) is 13.3 Å². The normalized spacial score (nSPS) is 22.1. The van der Waals surface area contributed by atoms with Crippen LogP contribution in [0, 0.1) is 5.92 Å². The Bertz CT molecular complexity index is 488. The zero-order valence-electron chi connectivity index (χ0n) is 11.5. The Morgan fingerprint density at radius 2 is 2.05 bits per heavy atom. The quantitative estimate of drug-likeness (QED) is 0.899. The van der Waals surface area contributed by atoms with E-state index >= 15 is 0 Å². The molecule has 1 aromatic carbocycles. The van der Waals surface area contributed by atoms with Gasteiger partial charge in [-0.3, -0.25) is 4.79 Å². The van der Waals surface area contributed by atoms with E-state index in [1.807, 2.05) is 6.92 Å². The molecule has 0 bridgehead atoms. The molecular weight excluding hydrogens is 285 g/mol. The fourth-order valence-corrected chi connectivity index (χ4v) is 2.21. The average Bonchev–Trinajstić information content (AvgIpc) is 2.83. The van der Waals surface area contributed by atoms with Crippen LogP contribution in [0.5, 0.6) is 5.75 Å². The molecule has 0 radical (unpaired) electrons. The Morgan fingerprint density at radius 3 is 2.57 bits per heavy atom. The monoisotopic (exact) mass is 302 g/mol. The summed E-state index contributed by atoms with van der Waals surface area (Å²) in [5, 5.41) is 5.85. The lowest BCUT2D eigenvalue weighted by Gasteiger charge is -2.15. The van der Waals surface area contributed by atoms with Gasteiger partial charge in [0.15, 0.2) is 6.61 Å². The van der Waals surface area contributed by atoms with Crippen LogP contribution < -0.4 is 15.4 Å². The molecule has 1 aromatic rings. The van der Waals surface area contributed by atoms with Gasteiger partial charge in [0, 0.05) is 5.69 Å². The molecule has 0 aromatic heterocycles. The first-order valence-electron chi connectivity index (χ1n) is 6.69. The summed E-state index contributed by atoms with van der Waals surface area (Å²) in [6.07, 6.45) is -3.42. The molecule has 2 atom stereocenters. The van der Waals surface area contributed by atoms with Crippen molar-refractivity contribution in [3.05, 3.63) is 24.3 Å². The maximum atomic E-state index is 12.0. The van der Waals surface area contributed by atoms with Crippen molar-refractivity contribution in [3.8, 4) is 5.75 Å². The molecule has 1 aliphatic rings. The molecule has 116 valence electrons. The molecule has 4 nitrogen and oxygen atoms in total. The van der Waals surface area contributed by atoms with Crippen molar-refractivity contribution in [2.24, 2.45) is 5.92 Å². The minimum atomic E-state index is -4.36. The van der Waals surface area contributed by atoms with Crippen LogP contribution in [0.25, 0.3) is 0 Å². The van der Waals surface area contributed by atoms with E-state index in [1.54, 1.807) is 0 Å². The molecule has 0 spiro atoms. The van der Waals surface area contributed by atoms with E-state index in [0.717, 1.165) is 13.0 Å². The number of hydrogen-bond donors (Lipinski definition) is 2. The van der Waals surface area contributed by atoms with Gasteiger partial charge in [0.05, 0.1) is 6.04 Å². The maximum Gasteiger partial charge on any atom is 0.422 e. The molecule has 1 amide bonds. The van der Waals surface area contributed by atoms with Gasteiger partial charge in [0.2, 0.25) is 5.91 Å². The number of hydrogen-bond acceptors (Lipinski definition) is 3. The van der Waals surface area contributed by atoms with Gasteiger partial charge in [0.25, 0.3) is 0 Å². The number of benzene rings is 1. The maximum absolute atomic E-state index is 12.0. The number of halogens is 3. The van der Waals surface area contributed by atoms with E-state index in [4.69, 9.17) is 0 Å². The lowest BCUT2D eigenvalue weighted by atomic mass is 10.0.